The standard InChI is InChI=1S/C23H23ClN2O7S/c1-12(10-27)21-25-22(34-14-4-5-16(30-2)17(7-14)31-3)20(23(28)29)26(21)9-13-6-18-19(8-15(13)24)33-11-32-18/h4-8,12,27H,9-11H2,1-3H3,(H,28,29). The van der Waals surface area contributed by atoms with Crippen molar-refractivity contribution in [3.63, 3.8) is 0 Å². The highest BCUT2D eigenvalue weighted by atomic mass is 35.5. The van der Waals surface area contributed by atoms with Crippen molar-refractivity contribution >= 4 is 29.3 Å². The normalized spacial score (nSPS) is 13.1. The number of halogens is 1. The third-order valence-electron chi connectivity index (χ3n) is 5.32. The van der Waals surface area contributed by atoms with Crippen LogP contribution in [0.1, 0.15) is 34.7 Å². The molecule has 1 unspecified atom stereocenters. The number of nitrogens with zero attached hydrogens (tertiary/aromatic N) is 2. The summed E-state index contributed by atoms with van der Waals surface area (Å²) in [4.78, 5) is 17.7. The molecule has 0 radical (unpaired) electrons. The highest BCUT2D eigenvalue weighted by Gasteiger charge is 2.27. The van der Waals surface area contributed by atoms with Gasteiger partial charge in [-0.2, -0.15) is 0 Å². The van der Waals surface area contributed by atoms with Crippen molar-refractivity contribution in [1.29, 1.82) is 0 Å². The number of ether oxygens (including phenoxy) is 4. The van der Waals surface area contributed by atoms with Crippen molar-refractivity contribution in [3.05, 3.63) is 52.4 Å². The molecule has 0 aliphatic carbocycles. The molecule has 0 saturated heterocycles. The summed E-state index contributed by atoms with van der Waals surface area (Å²) in [5, 5.41) is 20.6. The van der Waals surface area contributed by atoms with E-state index in [0.29, 0.717) is 44.3 Å². The maximum atomic E-state index is 12.4. The van der Waals surface area contributed by atoms with Crippen molar-refractivity contribution in [3.8, 4) is 23.0 Å². The van der Waals surface area contributed by atoms with Gasteiger partial charge in [-0.25, -0.2) is 9.78 Å². The first-order chi connectivity index (χ1) is 16.4. The molecule has 1 aliphatic rings. The minimum atomic E-state index is -1.15. The Morgan fingerprint density at radius 3 is 2.56 bits per heavy atom. The van der Waals surface area contributed by atoms with E-state index in [1.165, 1.54) is 18.9 Å². The van der Waals surface area contributed by atoms with Crippen molar-refractivity contribution in [1.82, 2.24) is 9.55 Å². The van der Waals surface area contributed by atoms with Gasteiger partial charge in [0.25, 0.3) is 0 Å². The molecular weight excluding hydrogens is 484 g/mol. The lowest BCUT2D eigenvalue weighted by atomic mass is 10.1. The number of hydrogen-bond acceptors (Lipinski definition) is 8. The number of aliphatic hydroxyl groups is 1. The van der Waals surface area contributed by atoms with Crippen LogP contribution in [-0.4, -0.2) is 53.4 Å². The minimum absolute atomic E-state index is 0.0104. The Bertz CT molecular complexity index is 1230. The largest absolute Gasteiger partial charge is 0.493 e. The number of aromatic nitrogens is 2. The van der Waals surface area contributed by atoms with Gasteiger partial charge >= 0.3 is 5.97 Å². The molecule has 1 atom stereocenters. The molecule has 0 fully saturated rings. The maximum absolute atomic E-state index is 12.4. The van der Waals surface area contributed by atoms with E-state index in [9.17, 15) is 15.0 Å². The average Bonchev–Trinajstić information content (AvgIpc) is 3.42. The van der Waals surface area contributed by atoms with Gasteiger partial charge in [-0.3, -0.25) is 0 Å². The Labute approximate surface area is 205 Å². The molecule has 0 spiro atoms. The molecule has 4 rings (SSSR count). The molecule has 0 amide bonds. The molecule has 11 heteroatoms. The fraction of sp³-hybridized carbons (Fsp3) is 0.304. The molecule has 1 aliphatic heterocycles. The summed E-state index contributed by atoms with van der Waals surface area (Å²) < 4.78 is 23.0. The second kappa shape index (κ2) is 10.0. The zero-order valence-corrected chi connectivity index (χ0v) is 20.3. The number of rotatable bonds is 9. The number of hydrogen-bond donors (Lipinski definition) is 2. The van der Waals surface area contributed by atoms with Crippen molar-refractivity contribution in [2.45, 2.75) is 29.3 Å². The monoisotopic (exact) mass is 506 g/mol. The molecular formula is C23H23ClN2O7S. The molecule has 180 valence electrons. The molecule has 2 N–H and O–H groups in total. The number of aromatic carboxylic acids is 1. The molecule has 0 bridgehead atoms. The quantitative estimate of drug-likeness (QED) is 0.439. The lowest BCUT2D eigenvalue weighted by Crippen LogP contribution is -2.16. The first-order valence-electron chi connectivity index (χ1n) is 10.3. The van der Waals surface area contributed by atoms with Crippen molar-refractivity contribution < 1.29 is 34.0 Å². The SMILES string of the molecule is COc1ccc(Sc2nc(C(C)CO)n(Cc3cc4c(cc3Cl)OCO4)c2C(=O)O)cc1OC. The van der Waals surface area contributed by atoms with Gasteiger partial charge in [0, 0.05) is 21.9 Å². The first-order valence-corrected chi connectivity index (χ1v) is 11.5. The molecule has 9 nitrogen and oxygen atoms in total. The van der Waals surface area contributed by atoms with E-state index in [2.05, 4.69) is 4.98 Å². The van der Waals surface area contributed by atoms with Gasteiger partial charge in [-0.15, -0.1) is 0 Å². The fourth-order valence-corrected chi connectivity index (χ4v) is 4.76. The van der Waals surface area contributed by atoms with E-state index in [-0.39, 0.29) is 30.7 Å². The van der Waals surface area contributed by atoms with E-state index in [4.69, 9.17) is 30.5 Å². The predicted octanol–water partition coefficient (Wildman–Crippen LogP) is 4.28. The van der Waals surface area contributed by atoms with Crippen molar-refractivity contribution in [2.24, 2.45) is 0 Å². The Kier molecular flexibility index (Phi) is 7.11. The van der Waals surface area contributed by atoms with Crippen LogP contribution in [0.25, 0.3) is 0 Å². The van der Waals surface area contributed by atoms with Gasteiger partial charge in [0.2, 0.25) is 6.79 Å². The molecule has 3 aromatic rings. The Morgan fingerprint density at radius 2 is 1.91 bits per heavy atom. The summed E-state index contributed by atoms with van der Waals surface area (Å²) in [6.07, 6.45) is 0. The fourth-order valence-electron chi connectivity index (χ4n) is 3.59. The lowest BCUT2D eigenvalue weighted by Gasteiger charge is -2.15. The molecule has 2 heterocycles. The van der Waals surface area contributed by atoms with Crippen LogP contribution in [0.3, 0.4) is 0 Å². The van der Waals surface area contributed by atoms with Crippen molar-refractivity contribution in [2.75, 3.05) is 27.6 Å². The minimum Gasteiger partial charge on any atom is -0.493 e. The maximum Gasteiger partial charge on any atom is 0.355 e. The van der Waals surface area contributed by atoms with Crippen LogP contribution < -0.4 is 18.9 Å². The van der Waals surface area contributed by atoms with Crippen LogP contribution in [0.5, 0.6) is 23.0 Å². The van der Waals surface area contributed by atoms with E-state index >= 15 is 0 Å². The second-order valence-electron chi connectivity index (χ2n) is 7.51. The highest BCUT2D eigenvalue weighted by Crippen LogP contribution is 2.40. The van der Waals surface area contributed by atoms with Crippen LogP contribution in [0.4, 0.5) is 0 Å². The van der Waals surface area contributed by atoms with Crippen LogP contribution in [0.2, 0.25) is 5.02 Å². The van der Waals surface area contributed by atoms with Crippen LogP contribution in [0.15, 0.2) is 40.3 Å². The third kappa shape index (κ3) is 4.61. The average molecular weight is 507 g/mol. The van der Waals surface area contributed by atoms with E-state index in [1.54, 1.807) is 48.9 Å². The third-order valence-corrected chi connectivity index (χ3v) is 6.64. The second-order valence-corrected chi connectivity index (χ2v) is 8.98. The number of benzene rings is 2. The lowest BCUT2D eigenvalue weighted by molar-refractivity contribution is 0.0680. The van der Waals surface area contributed by atoms with Crippen LogP contribution in [-0.2, 0) is 6.54 Å². The predicted molar refractivity (Wildman–Crippen MR) is 125 cm³/mol. The molecule has 1 aromatic heterocycles. The number of carbonyl (C=O) groups is 1. The number of carboxylic acid groups (broad SMARTS) is 1. The van der Waals surface area contributed by atoms with Gasteiger partial charge in [0.15, 0.2) is 28.7 Å². The Balaban J connectivity index is 1.78. The number of methoxy groups -OCH3 is 2. The zero-order valence-electron chi connectivity index (χ0n) is 18.7. The van der Waals surface area contributed by atoms with Gasteiger partial charge in [-0.05, 0) is 29.8 Å². The Morgan fingerprint density at radius 1 is 1.21 bits per heavy atom. The van der Waals surface area contributed by atoms with E-state index < -0.39 is 11.9 Å². The summed E-state index contributed by atoms with van der Waals surface area (Å²) in [5.41, 5.74) is 0.628. The van der Waals surface area contributed by atoms with Gasteiger partial charge < -0.3 is 33.7 Å². The molecule has 2 aromatic carbocycles. The summed E-state index contributed by atoms with van der Waals surface area (Å²) in [5.74, 6) is 1.01. The molecule has 0 saturated carbocycles. The number of imidazole rings is 1. The van der Waals surface area contributed by atoms with Crippen LogP contribution >= 0.6 is 23.4 Å². The topological polar surface area (TPSA) is 112 Å². The number of aliphatic hydroxyl groups excluding tert-OH is 1. The highest BCUT2D eigenvalue weighted by molar-refractivity contribution is 7.99. The first kappa shape index (κ1) is 24.1. The molecule has 34 heavy (non-hydrogen) atoms. The van der Waals surface area contributed by atoms with Gasteiger partial charge in [0.1, 0.15) is 10.9 Å². The van der Waals surface area contributed by atoms with Gasteiger partial charge in [0.05, 0.1) is 27.4 Å². The smallest absolute Gasteiger partial charge is 0.355 e. The van der Waals surface area contributed by atoms with Gasteiger partial charge in [-0.1, -0.05) is 30.3 Å². The van der Waals surface area contributed by atoms with Crippen LogP contribution in [0, 0.1) is 0 Å². The van der Waals surface area contributed by atoms with E-state index in [1.807, 2.05) is 0 Å². The number of carboxylic acids is 1. The summed E-state index contributed by atoms with van der Waals surface area (Å²) in [6, 6.07) is 8.65. The summed E-state index contributed by atoms with van der Waals surface area (Å²) >= 11 is 7.64. The summed E-state index contributed by atoms with van der Waals surface area (Å²) in [6.45, 7) is 1.79. The summed E-state index contributed by atoms with van der Waals surface area (Å²) in [7, 11) is 3.07. The zero-order chi connectivity index (χ0) is 24.4. The van der Waals surface area contributed by atoms with E-state index in [0.717, 1.165) is 0 Å². The number of fused-ring (bicyclic) bond motifs is 1. The Hall–Kier alpha value is -3.08.